The first kappa shape index (κ1) is 20.5. The van der Waals surface area contributed by atoms with E-state index in [-0.39, 0.29) is 69.5 Å². The molecular weight excluding hydrogens is 271 g/mol. The van der Waals surface area contributed by atoms with E-state index in [0.717, 1.165) is 0 Å². The summed E-state index contributed by atoms with van der Waals surface area (Å²) in [5.74, 6) is 3.39. The van der Waals surface area contributed by atoms with Gasteiger partial charge in [-0.1, -0.05) is 20.8 Å². The molecule has 0 atom stereocenters. The molecule has 0 spiro atoms. The van der Waals surface area contributed by atoms with E-state index < -0.39 is 15.3 Å². The Labute approximate surface area is 146 Å². The van der Waals surface area contributed by atoms with Crippen molar-refractivity contribution in [3.63, 3.8) is 0 Å². The number of halogens is 3. The van der Waals surface area contributed by atoms with Crippen molar-refractivity contribution in [2.24, 2.45) is 0 Å². The van der Waals surface area contributed by atoms with Crippen LogP contribution >= 0.6 is 0 Å². The van der Waals surface area contributed by atoms with Crippen molar-refractivity contribution in [3.8, 4) is 11.7 Å². The van der Waals surface area contributed by atoms with Gasteiger partial charge in [-0.3, -0.25) is 0 Å². The third-order valence-electron chi connectivity index (χ3n) is 2.76. The van der Waals surface area contributed by atoms with Crippen molar-refractivity contribution in [1.82, 2.24) is 0 Å². The smallest absolute Gasteiger partial charge is 0.438 e. The van der Waals surface area contributed by atoms with E-state index in [9.17, 15) is 12.9 Å². The summed E-state index contributed by atoms with van der Waals surface area (Å²) in [6.45, 7) is 5.70. The maximum absolute atomic E-state index is 11.8. The van der Waals surface area contributed by atoms with Gasteiger partial charge < -0.3 is 17.4 Å². The fraction of sp³-hybridized carbons (Fsp3) is 0.800. The third-order valence-corrected chi connectivity index (χ3v) is 7.30. The van der Waals surface area contributed by atoms with Crippen LogP contribution in [0, 0.1) is 11.7 Å². The van der Waals surface area contributed by atoms with Crippen LogP contribution in [0.1, 0.15) is 27.2 Å². The molecule has 7 heteroatoms. The largest absolute Gasteiger partial charge is 1.00 e. The number of hydrogen-bond acceptors (Lipinski definition) is 1. The second-order valence-electron chi connectivity index (χ2n) is 5.25. The number of hydrogen-bond donors (Lipinski definition) is 0. The Morgan fingerprint density at radius 1 is 1.18 bits per heavy atom. The summed E-state index contributed by atoms with van der Waals surface area (Å²) in [7, 11) is -1.84. The molecule has 1 nitrogen and oxygen atoms in total. The molecular formula is C10H19BF3KOSi. The van der Waals surface area contributed by atoms with Crippen LogP contribution in [0.5, 0.6) is 0 Å². The van der Waals surface area contributed by atoms with Crippen LogP contribution in [-0.2, 0) is 4.43 Å². The third kappa shape index (κ3) is 9.76. The summed E-state index contributed by atoms with van der Waals surface area (Å²) in [6.07, 6.45) is 0.147. The summed E-state index contributed by atoms with van der Waals surface area (Å²) in [6, 6.07) is 0. The molecule has 0 unspecified atom stereocenters. The van der Waals surface area contributed by atoms with Crippen LogP contribution < -0.4 is 51.4 Å². The van der Waals surface area contributed by atoms with Crippen molar-refractivity contribution >= 4 is 15.3 Å². The second kappa shape index (κ2) is 7.73. The quantitative estimate of drug-likeness (QED) is 0.424. The van der Waals surface area contributed by atoms with Gasteiger partial charge in [-0.2, -0.15) is 0 Å². The van der Waals surface area contributed by atoms with E-state index in [4.69, 9.17) is 4.43 Å². The average Bonchev–Trinajstić information content (AvgIpc) is 1.98. The molecule has 0 aromatic rings. The van der Waals surface area contributed by atoms with Gasteiger partial charge in [-0.05, 0) is 18.1 Å². The molecule has 0 rings (SSSR count). The summed E-state index contributed by atoms with van der Waals surface area (Å²) < 4.78 is 41.0. The van der Waals surface area contributed by atoms with Crippen LogP contribution in [0.25, 0.3) is 0 Å². The van der Waals surface area contributed by atoms with Crippen molar-refractivity contribution in [3.05, 3.63) is 0 Å². The molecule has 0 aromatic heterocycles. The Balaban J connectivity index is 0. The zero-order valence-corrected chi connectivity index (χ0v) is 15.7. The van der Waals surface area contributed by atoms with Crippen LogP contribution in [-0.4, -0.2) is 21.9 Å². The van der Waals surface area contributed by atoms with Gasteiger partial charge in [-0.25, -0.2) is 5.82 Å². The SMILES string of the molecule is CC(C)(C)[Si](C)(C)OCCC#C[B-](F)(F)F.[K+]. The molecule has 0 aliphatic carbocycles. The Morgan fingerprint density at radius 2 is 1.65 bits per heavy atom. The van der Waals surface area contributed by atoms with E-state index in [2.05, 4.69) is 39.8 Å². The van der Waals surface area contributed by atoms with Crippen molar-refractivity contribution in [2.45, 2.75) is 45.3 Å². The molecule has 0 saturated carbocycles. The minimum Gasteiger partial charge on any atom is -0.438 e. The van der Waals surface area contributed by atoms with E-state index in [1.165, 1.54) is 5.82 Å². The Morgan fingerprint density at radius 3 is 2.00 bits per heavy atom. The topological polar surface area (TPSA) is 9.23 Å². The van der Waals surface area contributed by atoms with Gasteiger partial charge in [0, 0.05) is 13.0 Å². The first-order valence-corrected chi connectivity index (χ1v) is 8.20. The summed E-state index contributed by atoms with van der Waals surface area (Å²) in [5.41, 5.74) is 0. The zero-order chi connectivity index (χ0) is 13.0. The second-order valence-corrected chi connectivity index (χ2v) is 10.1. The molecule has 0 aliphatic heterocycles. The minimum atomic E-state index is -4.98. The molecule has 0 bridgehead atoms. The van der Waals surface area contributed by atoms with E-state index in [1.54, 1.807) is 0 Å². The van der Waals surface area contributed by atoms with E-state index in [0.29, 0.717) is 0 Å². The molecule has 0 radical (unpaired) electrons. The predicted molar refractivity (Wildman–Crippen MR) is 64.6 cm³/mol. The van der Waals surface area contributed by atoms with E-state index >= 15 is 0 Å². The van der Waals surface area contributed by atoms with Crippen LogP contribution in [0.2, 0.25) is 18.1 Å². The first-order valence-electron chi connectivity index (χ1n) is 5.29. The van der Waals surface area contributed by atoms with Gasteiger partial charge in [0.1, 0.15) is 0 Å². The predicted octanol–water partition coefficient (Wildman–Crippen LogP) is 0.792. The van der Waals surface area contributed by atoms with Crippen LogP contribution in [0.15, 0.2) is 0 Å². The Kier molecular flexibility index (Phi) is 9.34. The van der Waals surface area contributed by atoms with Crippen LogP contribution in [0.3, 0.4) is 0 Å². The molecule has 94 valence electrons. The van der Waals surface area contributed by atoms with Crippen molar-refractivity contribution < 1.29 is 68.8 Å². The summed E-state index contributed by atoms with van der Waals surface area (Å²) in [4.78, 5) is 0. The standard InChI is InChI=1S/C10H19BF3OSi.K/c1-10(2,3)16(4,5)15-9-7-6-8-11(12,13)14;/h7,9H2,1-5H3;/q-1;+1. The minimum absolute atomic E-state index is 0. The normalized spacial score (nSPS) is 12.5. The molecule has 0 N–H and O–H groups in total. The monoisotopic (exact) mass is 290 g/mol. The molecule has 17 heavy (non-hydrogen) atoms. The van der Waals surface area contributed by atoms with Gasteiger partial charge in [0.15, 0.2) is 8.32 Å². The van der Waals surface area contributed by atoms with Gasteiger partial charge in [-0.15, -0.1) is 5.92 Å². The molecule has 0 aliphatic rings. The first-order chi connectivity index (χ1) is 6.96. The molecule has 0 saturated heterocycles. The fourth-order valence-electron chi connectivity index (χ4n) is 0.762. The molecule has 0 heterocycles. The van der Waals surface area contributed by atoms with E-state index in [1.807, 2.05) is 0 Å². The van der Waals surface area contributed by atoms with Crippen molar-refractivity contribution in [1.29, 1.82) is 0 Å². The Hall–Kier alpha value is 1.23. The molecule has 0 amide bonds. The maximum atomic E-state index is 11.8. The fourth-order valence-corrected chi connectivity index (χ4v) is 1.81. The maximum Gasteiger partial charge on any atom is 1.00 e. The molecule has 0 fully saturated rings. The zero-order valence-electron chi connectivity index (χ0n) is 11.5. The van der Waals surface area contributed by atoms with Gasteiger partial charge in [0.05, 0.1) is 0 Å². The average molecular weight is 290 g/mol. The van der Waals surface area contributed by atoms with Gasteiger partial charge in [0.2, 0.25) is 0 Å². The molecule has 0 aromatic carbocycles. The number of rotatable bonds is 3. The summed E-state index contributed by atoms with van der Waals surface area (Å²) in [5, 5.41) is 0.0778. The Bertz CT molecular complexity index is 289. The van der Waals surface area contributed by atoms with Gasteiger partial charge >= 0.3 is 58.4 Å². The summed E-state index contributed by atoms with van der Waals surface area (Å²) >= 11 is 0. The van der Waals surface area contributed by atoms with Crippen molar-refractivity contribution in [2.75, 3.05) is 6.61 Å². The van der Waals surface area contributed by atoms with Gasteiger partial charge in [0.25, 0.3) is 0 Å². The van der Waals surface area contributed by atoms with Crippen LogP contribution in [0.4, 0.5) is 12.9 Å².